The van der Waals surface area contributed by atoms with Gasteiger partial charge in [0, 0.05) is 24.7 Å². The number of sulfonamides is 1. The van der Waals surface area contributed by atoms with Crippen LogP contribution in [-0.2, 0) is 14.8 Å². The monoisotopic (exact) mass is 379 g/mol. The minimum absolute atomic E-state index is 0.0757. The van der Waals surface area contributed by atoms with Crippen LogP contribution in [0.4, 0.5) is 11.4 Å². The summed E-state index contributed by atoms with van der Waals surface area (Å²) in [6.45, 7) is 2.33. The molecule has 0 atom stereocenters. The summed E-state index contributed by atoms with van der Waals surface area (Å²) < 4.78 is 25.1. The lowest BCUT2D eigenvalue weighted by molar-refractivity contribution is -0.120. The van der Waals surface area contributed by atoms with E-state index in [2.05, 4.69) is 5.32 Å². The summed E-state index contributed by atoms with van der Waals surface area (Å²) in [6, 6.07) is 3.08. The molecule has 0 unspecified atom stereocenters. The van der Waals surface area contributed by atoms with Crippen molar-refractivity contribution in [2.45, 2.75) is 19.8 Å². The Morgan fingerprint density at radius 2 is 1.83 bits per heavy atom. The number of rotatable bonds is 4. The lowest BCUT2D eigenvalue weighted by Gasteiger charge is -2.30. The van der Waals surface area contributed by atoms with Crippen LogP contribution in [-0.4, -0.2) is 37.5 Å². The molecule has 0 aromatic heterocycles. The van der Waals surface area contributed by atoms with Gasteiger partial charge in [-0.3, -0.25) is 4.79 Å². The van der Waals surface area contributed by atoms with Crippen molar-refractivity contribution in [3.63, 3.8) is 0 Å². The molecule has 1 fully saturated rings. The standard InChI is InChI=1S/C14H19Cl2N3O3S/c1-2-23(21,22)19-5-3-9(4-6-19)14(20)18-10-7-11(15)13(17)12(16)8-10/h7-9H,2-6,17H2,1H3,(H,18,20). The van der Waals surface area contributed by atoms with Crippen molar-refractivity contribution in [3.8, 4) is 0 Å². The van der Waals surface area contributed by atoms with Gasteiger partial charge in [-0.25, -0.2) is 12.7 Å². The second kappa shape index (κ2) is 7.25. The number of nitrogens with two attached hydrogens (primary N) is 1. The average Bonchev–Trinajstić information content (AvgIpc) is 2.52. The van der Waals surface area contributed by atoms with E-state index >= 15 is 0 Å². The van der Waals surface area contributed by atoms with Gasteiger partial charge in [0.25, 0.3) is 0 Å². The molecule has 2 rings (SSSR count). The fourth-order valence-electron chi connectivity index (χ4n) is 2.48. The van der Waals surface area contributed by atoms with E-state index in [0.29, 0.717) is 31.6 Å². The Morgan fingerprint density at radius 3 is 2.30 bits per heavy atom. The molecule has 1 heterocycles. The molecule has 1 amide bonds. The first-order chi connectivity index (χ1) is 10.7. The summed E-state index contributed by atoms with van der Waals surface area (Å²) in [5.41, 5.74) is 6.40. The predicted octanol–water partition coefficient (Wildman–Crippen LogP) is 2.58. The molecule has 0 spiro atoms. The number of piperidine rings is 1. The first-order valence-corrected chi connectivity index (χ1v) is 9.64. The zero-order valence-corrected chi connectivity index (χ0v) is 15.0. The van der Waals surface area contributed by atoms with Gasteiger partial charge in [0.15, 0.2) is 0 Å². The average molecular weight is 380 g/mol. The number of carbonyl (C=O) groups excluding carboxylic acids is 1. The smallest absolute Gasteiger partial charge is 0.227 e. The van der Waals surface area contributed by atoms with Crippen LogP contribution in [0.15, 0.2) is 12.1 Å². The highest BCUT2D eigenvalue weighted by Crippen LogP contribution is 2.31. The number of hydrogen-bond acceptors (Lipinski definition) is 4. The minimum atomic E-state index is -3.19. The summed E-state index contributed by atoms with van der Waals surface area (Å²) in [7, 11) is -3.19. The van der Waals surface area contributed by atoms with Crippen molar-refractivity contribution >= 4 is 50.5 Å². The molecule has 1 aliphatic rings. The summed E-state index contributed by atoms with van der Waals surface area (Å²) >= 11 is 11.9. The number of hydrogen-bond donors (Lipinski definition) is 2. The fraction of sp³-hybridized carbons (Fsp3) is 0.500. The summed E-state index contributed by atoms with van der Waals surface area (Å²) in [6.07, 6.45) is 0.975. The van der Waals surface area contributed by atoms with Gasteiger partial charge < -0.3 is 11.1 Å². The number of amides is 1. The molecule has 0 aliphatic carbocycles. The molecular formula is C14H19Cl2N3O3S. The maximum absolute atomic E-state index is 12.3. The summed E-state index contributed by atoms with van der Waals surface area (Å²) in [4.78, 5) is 12.3. The van der Waals surface area contributed by atoms with Gasteiger partial charge in [0.1, 0.15) is 0 Å². The minimum Gasteiger partial charge on any atom is -0.396 e. The quantitative estimate of drug-likeness (QED) is 0.786. The van der Waals surface area contributed by atoms with Crippen LogP contribution in [0.3, 0.4) is 0 Å². The molecule has 9 heteroatoms. The molecule has 0 saturated carbocycles. The van der Waals surface area contributed by atoms with Crippen molar-refractivity contribution in [2.24, 2.45) is 5.92 Å². The van der Waals surface area contributed by atoms with Crippen LogP contribution < -0.4 is 11.1 Å². The summed E-state index contributed by atoms with van der Waals surface area (Å²) in [5.74, 6) is -0.337. The molecule has 6 nitrogen and oxygen atoms in total. The predicted molar refractivity (Wildman–Crippen MR) is 93.3 cm³/mol. The molecule has 1 aromatic carbocycles. The van der Waals surface area contributed by atoms with Crippen molar-refractivity contribution < 1.29 is 13.2 Å². The third-order valence-corrected chi connectivity index (χ3v) is 6.44. The Labute approximate surface area is 146 Å². The van der Waals surface area contributed by atoms with Crippen LogP contribution in [0.2, 0.25) is 10.0 Å². The van der Waals surface area contributed by atoms with Gasteiger partial charge in [-0.15, -0.1) is 0 Å². The SMILES string of the molecule is CCS(=O)(=O)N1CCC(C(=O)Nc2cc(Cl)c(N)c(Cl)c2)CC1. The highest BCUT2D eigenvalue weighted by molar-refractivity contribution is 7.89. The Kier molecular flexibility index (Phi) is 5.78. The van der Waals surface area contributed by atoms with Crippen LogP contribution in [0.1, 0.15) is 19.8 Å². The van der Waals surface area contributed by atoms with Gasteiger partial charge in [-0.1, -0.05) is 23.2 Å². The molecule has 3 N–H and O–H groups in total. The number of nitrogens with one attached hydrogen (secondary N) is 1. The second-order valence-corrected chi connectivity index (χ2v) is 8.49. The van der Waals surface area contributed by atoms with Gasteiger partial charge >= 0.3 is 0 Å². The molecule has 0 radical (unpaired) electrons. The van der Waals surface area contributed by atoms with E-state index in [4.69, 9.17) is 28.9 Å². The van der Waals surface area contributed by atoms with Gasteiger partial charge in [-0.2, -0.15) is 0 Å². The third kappa shape index (κ3) is 4.29. The molecule has 1 saturated heterocycles. The van der Waals surface area contributed by atoms with Gasteiger partial charge in [-0.05, 0) is 31.9 Å². The van der Waals surface area contributed by atoms with Gasteiger partial charge in [0.2, 0.25) is 15.9 Å². The highest BCUT2D eigenvalue weighted by Gasteiger charge is 2.30. The van der Waals surface area contributed by atoms with Crippen molar-refractivity contribution in [1.29, 1.82) is 0 Å². The highest BCUT2D eigenvalue weighted by atomic mass is 35.5. The van der Waals surface area contributed by atoms with Gasteiger partial charge in [0.05, 0.1) is 21.5 Å². The maximum Gasteiger partial charge on any atom is 0.227 e. The molecule has 23 heavy (non-hydrogen) atoms. The van der Waals surface area contributed by atoms with E-state index in [1.54, 1.807) is 6.92 Å². The van der Waals surface area contributed by atoms with E-state index in [1.807, 2.05) is 0 Å². The number of benzene rings is 1. The number of nitrogen functional groups attached to an aromatic ring is 1. The van der Waals surface area contributed by atoms with E-state index < -0.39 is 10.0 Å². The Balaban J connectivity index is 1.98. The second-order valence-electron chi connectivity index (χ2n) is 5.42. The van der Waals surface area contributed by atoms with Crippen LogP contribution in [0.5, 0.6) is 0 Å². The van der Waals surface area contributed by atoms with Crippen molar-refractivity contribution in [1.82, 2.24) is 4.31 Å². The van der Waals surface area contributed by atoms with E-state index in [-0.39, 0.29) is 33.3 Å². The Morgan fingerprint density at radius 1 is 1.30 bits per heavy atom. The van der Waals surface area contributed by atoms with E-state index in [0.717, 1.165) is 0 Å². The normalized spacial score (nSPS) is 17.2. The van der Waals surface area contributed by atoms with Crippen molar-refractivity contribution in [2.75, 3.05) is 29.9 Å². The first kappa shape index (κ1) is 18.3. The fourth-order valence-corrected chi connectivity index (χ4v) is 4.10. The topological polar surface area (TPSA) is 92.5 Å². The Bertz CT molecular complexity index is 678. The van der Waals surface area contributed by atoms with E-state index in [1.165, 1.54) is 16.4 Å². The Hall–Kier alpha value is -1.02. The summed E-state index contributed by atoms with van der Waals surface area (Å²) in [5, 5.41) is 3.31. The van der Waals surface area contributed by atoms with Crippen LogP contribution in [0.25, 0.3) is 0 Å². The molecule has 0 bridgehead atoms. The lowest BCUT2D eigenvalue weighted by Crippen LogP contribution is -2.42. The van der Waals surface area contributed by atoms with E-state index in [9.17, 15) is 13.2 Å². The molecule has 1 aromatic rings. The van der Waals surface area contributed by atoms with Crippen LogP contribution in [0, 0.1) is 5.92 Å². The molecule has 128 valence electrons. The molecule has 1 aliphatic heterocycles. The number of carbonyl (C=O) groups is 1. The zero-order valence-electron chi connectivity index (χ0n) is 12.7. The third-order valence-electron chi connectivity index (χ3n) is 3.93. The zero-order chi connectivity index (χ0) is 17.2. The van der Waals surface area contributed by atoms with Crippen molar-refractivity contribution in [3.05, 3.63) is 22.2 Å². The lowest BCUT2D eigenvalue weighted by atomic mass is 9.97. The first-order valence-electron chi connectivity index (χ1n) is 7.27. The van der Waals surface area contributed by atoms with Crippen LogP contribution >= 0.6 is 23.2 Å². The largest absolute Gasteiger partial charge is 0.396 e. The number of nitrogens with zero attached hydrogens (tertiary/aromatic N) is 1. The number of halogens is 2. The molecular weight excluding hydrogens is 361 g/mol. The maximum atomic E-state index is 12.3. The number of anilines is 2.